The summed E-state index contributed by atoms with van der Waals surface area (Å²) in [6.07, 6.45) is 1.33. The Balaban J connectivity index is 1.83. The van der Waals surface area contributed by atoms with E-state index in [-0.39, 0.29) is 19.6 Å². The first kappa shape index (κ1) is 17.8. The van der Waals surface area contributed by atoms with E-state index in [1.54, 1.807) is 13.8 Å². The van der Waals surface area contributed by atoms with Gasteiger partial charge in [0.1, 0.15) is 11.4 Å². The lowest BCUT2D eigenvalue weighted by Gasteiger charge is -2.23. The second-order valence-electron chi connectivity index (χ2n) is 6.73. The molecule has 2 rings (SSSR count). The molecule has 1 aromatic rings. The summed E-state index contributed by atoms with van der Waals surface area (Å²) in [5.41, 5.74) is 0.435. The maximum atomic E-state index is 11.9. The van der Waals surface area contributed by atoms with Gasteiger partial charge in [-0.15, -0.1) is 0 Å². The highest BCUT2D eigenvalue weighted by Crippen LogP contribution is 2.33. The molecule has 0 aromatic heterocycles. The van der Waals surface area contributed by atoms with Crippen LogP contribution in [-0.4, -0.2) is 35.7 Å². The lowest BCUT2D eigenvalue weighted by molar-refractivity contribution is -0.160. The average Bonchev–Trinajstić information content (AvgIpc) is 2.78. The molecule has 1 aromatic carbocycles. The van der Waals surface area contributed by atoms with Crippen molar-refractivity contribution < 1.29 is 24.1 Å². The normalized spacial score (nSPS) is 28.4. The third kappa shape index (κ3) is 4.94. The Labute approximate surface area is 137 Å². The number of hydrogen-bond donors (Lipinski definition) is 1. The molecule has 0 bridgehead atoms. The molecule has 0 aliphatic carbocycles. The lowest BCUT2D eigenvalue weighted by Crippen LogP contribution is -2.35. The van der Waals surface area contributed by atoms with Gasteiger partial charge in [-0.2, -0.15) is 0 Å². The molecule has 1 N–H and O–H groups in total. The van der Waals surface area contributed by atoms with Crippen molar-refractivity contribution in [2.75, 3.05) is 13.2 Å². The maximum absolute atomic E-state index is 11.9. The average molecular weight is 322 g/mol. The van der Waals surface area contributed by atoms with Crippen LogP contribution in [0.1, 0.15) is 52.0 Å². The number of rotatable bonds is 6. The molecule has 23 heavy (non-hydrogen) atoms. The maximum Gasteiger partial charge on any atom is 0.344 e. The Morgan fingerprint density at radius 2 is 2.00 bits per heavy atom. The van der Waals surface area contributed by atoms with E-state index in [2.05, 4.69) is 13.8 Å². The third-order valence-corrected chi connectivity index (χ3v) is 4.17. The van der Waals surface area contributed by atoms with E-state index in [4.69, 9.17) is 14.2 Å². The smallest absolute Gasteiger partial charge is 0.344 e. The number of carbonyl (C=O) groups excluding carboxylic acids is 1. The van der Waals surface area contributed by atoms with E-state index in [0.29, 0.717) is 11.7 Å². The highest BCUT2D eigenvalue weighted by molar-refractivity contribution is 5.71. The Kier molecular flexibility index (Phi) is 5.32. The second kappa shape index (κ2) is 6.89. The molecule has 128 valence electrons. The van der Waals surface area contributed by atoms with E-state index in [1.807, 2.05) is 24.3 Å². The van der Waals surface area contributed by atoms with Crippen LogP contribution in [-0.2, 0) is 14.3 Å². The number of ether oxygens (including phenoxy) is 3. The quantitative estimate of drug-likeness (QED) is 0.816. The van der Waals surface area contributed by atoms with E-state index in [9.17, 15) is 9.90 Å². The molecule has 0 saturated carbocycles. The van der Waals surface area contributed by atoms with E-state index in [1.165, 1.54) is 5.56 Å². The van der Waals surface area contributed by atoms with Crippen molar-refractivity contribution in [3.8, 4) is 5.75 Å². The summed E-state index contributed by atoms with van der Waals surface area (Å²) in [6, 6.07) is 7.75. The molecule has 0 radical (unpaired) electrons. The second-order valence-corrected chi connectivity index (χ2v) is 6.73. The standard InChI is InChI=1S/C18H26O5/c1-5-13(2)14-6-8-15(9-7-14)21-10-16(19)23-17(3)11-18(4,20)22-12-17/h6-9,13,20H,5,10-12H2,1-4H3. The van der Waals surface area contributed by atoms with Crippen LogP contribution in [0.2, 0.25) is 0 Å². The molecule has 0 spiro atoms. The number of carbonyl (C=O) groups is 1. The van der Waals surface area contributed by atoms with Crippen LogP contribution in [0.4, 0.5) is 0 Å². The zero-order valence-corrected chi connectivity index (χ0v) is 14.3. The summed E-state index contributed by atoms with van der Waals surface area (Å²) in [5.74, 6) is -0.584. The van der Waals surface area contributed by atoms with Crippen LogP contribution in [0.3, 0.4) is 0 Å². The Morgan fingerprint density at radius 3 is 2.52 bits per heavy atom. The van der Waals surface area contributed by atoms with Crippen molar-refractivity contribution in [2.24, 2.45) is 0 Å². The fourth-order valence-corrected chi connectivity index (χ4v) is 2.74. The largest absolute Gasteiger partial charge is 0.482 e. The fraction of sp³-hybridized carbons (Fsp3) is 0.611. The fourth-order valence-electron chi connectivity index (χ4n) is 2.74. The minimum Gasteiger partial charge on any atom is -0.482 e. The zero-order chi connectivity index (χ0) is 17.1. The van der Waals surface area contributed by atoms with Gasteiger partial charge in [-0.25, -0.2) is 4.79 Å². The summed E-state index contributed by atoms with van der Waals surface area (Å²) in [6.45, 7) is 7.63. The van der Waals surface area contributed by atoms with E-state index < -0.39 is 17.4 Å². The number of benzene rings is 1. The van der Waals surface area contributed by atoms with Gasteiger partial charge in [0.15, 0.2) is 12.4 Å². The van der Waals surface area contributed by atoms with Crippen molar-refractivity contribution in [1.29, 1.82) is 0 Å². The van der Waals surface area contributed by atoms with Gasteiger partial charge in [0.2, 0.25) is 0 Å². The zero-order valence-electron chi connectivity index (χ0n) is 14.3. The van der Waals surface area contributed by atoms with Gasteiger partial charge >= 0.3 is 5.97 Å². The van der Waals surface area contributed by atoms with Crippen molar-refractivity contribution >= 4 is 5.97 Å². The van der Waals surface area contributed by atoms with Gasteiger partial charge < -0.3 is 19.3 Å². The first-order valence-electron chi connectivity index (χ1n) is 8.04. The van der Waals surface area contributed by atoms with Crippen molar-refractivity contribution in [3.63, 3.8) is 0 Å². The van der Waals surface area contributed by atoms with Crippen LogP contribution in [0.25, 0.3) is 0 Å². The predicted octanol–water partition coefficient (Wildman–Crippen LogP) is 3.01. The molecule has 1 aliphatic rings. The van der Waals surface area contributed by atoms with Gasteiger partial charge in [-0.05, 0) is 43.9 Å². The molecule has 3 atom stereocenters. The molecule has 1 heterocycles. The summed E-state index contributed by atoms with van der Waals surface area (Å²) in [7, 11) is 0. The van der Waals surface area contributed by atoms with Crippen LogP contribution in [0, 0.1) is 0 Å². The molecule has 5 heteroatoms. The summed E-state index contributed by atoms with van der Waals surface area (Å²) < 4.78 is 16.1. The van der Waals surface area contributed by atoms with Crippen LogP contribution in [0.15, 0.2) is 24.3 Å². The van der Waals surface area contributed by atoms with E-state index in [0.717, 1.165) is 6.42 Å². The molecule has 1 fully saturated rings. The van der Waals surface area contributed by atoms with Crippen molar-refractivity contribution in [2.45, 2.75) is 57.8 Å². The van der Waals surface area contributed by atoms with Crippen molar-refractivity contribution in [3.05, 3.63) is 29.8 Å². The van der Waals surface area contributed by atoms with Gasteiger partial charge in [0, 0.05) is 6.42 Å². The molecule has 1 aliphatic heterocycles. The number of aliphatic hydroxyl groups is 1. The van der Waals surface area contributed by atoms with Crippen LogP contribution >= 0.6 is 0 Å². The van der Waals surface area contributed by atoms with Gasteiger partial charge in [-0.1, -0.05) is 26.0 Å². The highest BCUT2D eigenvalue weighted by atomic mass is 16.7. The SMILES string of the molecule is CCC(C)c1ccc(OCC(=O)OC2(C)COC(C)(O)C2)cc1. The predicted molar refractivity (Wildman–Crippen MR) is 86.3 cm³/mol. The first-order valence-corrected chi connectivity index (χ1v) is 8.04. The molecular formula is C18H26O5. The molecule has 1 saturated heterocycles. The van der Waals surface area contributed by atoms with Gasteiger partial charge in [0.05, 0.1) is 6.61 Å². The summed E-state index contributed by atoms with van der Waals surface area (Å²) in [5, 5.41) is 9.80. The monoisotopic (exact) mass is 322 g/mol. The third-order valence-electron chi connectivity index (χ3n) is 4.17. The number of esters is 1. The lowest BCUT2D eigenvalue weighted by atomic mass is 9.99. The topological polar surface area (TPSA) is 65.0 Å². The van der Waals surface area contributed by atoms with Gasteiger partial charge in [0.25, 0.3) is 0 Å². The van der Waals surface area contributed by atoms with Gasteiger partial charge in [-0.3, -0.25) is 0 Å². The summed E-state index contributed by atoms with van der Waals surface area (Å²) in [4.78, 5) is 11.9. The van der Waals surface area contributed by atoms with Crippen LogP contribution in [0.5, 0.6) is 5.75 Å². The summed E-state index contributed by atoms with van der Waals surface area (Å²) >= 11 is 0. The minimum atomic E-state index is -1.25. The van der Waals surface area contributed by atoms with Crippen molar-refractivity contribution in [1.82, 2.24) is 0 Å². The van der Waals surface area contributed by atoms with E-state index >= 15 is 0 Å². The molecular weight excluding hydrogens is 296 g/mol. The Bertz CT molecular complexity index is 537. The number of hydrogen-bond acceptors (Lipinski definition) is 5. The molecule has 0 amide bonds. The molecule has 5 nitrogen and oxygen atoms in total. The molecule has 3 unspecified atom stereocenters. The first-order chi connectivity index (χ1) is 10.7. The Morgan fingerprint density at radius 1 is 1.35 bits per heavy atom. The minimum absolute atomic E-state index is 0.166. The highest BCUT2D eigenvalue weighted by Gasteiger charge is 2.45. The van der Waals surface area contributed by atoms with Crippen LogP contribution < -0.4 is 4.74 Å². The Hall–Kier alpha value is -1.59.